The lowest BCUT2D eigenvalue weighted by Crippen LogP contribution is -2.15. The van der Waals surface area contributed by atoms with Gasteiger partial charge < -0.3 is 20.5 Å². The van der Waals surface area contributed by atoms with Gasteiger partial charge in [0.25, 0.3) is 0 Å². The number of hydrogen-bond donors (Lipinski definition) is 2. The lowest BCUT2D eigenvalue weighted by Gasteiger charge is -2.11. The number of para-hydroxylation sites is 3. The molecule has 2 rings (SSSR count). The molecular formula is C20H22N2O4. The van der Waals surface area contributed by atoms with Gasteiger partial charge in [0.15, 0.2) is 0 Å². The molecule has 6 heteroatoms. The molecule has 0 aromatic heterocycles. The second kappa shape index (κ2) is 9.88. The van der Waals surface area contributed by atoms with Crippen molar-refractivity contribution in [1.29, 1.82) is 0 Å². The van der Waals surface area contributed by atoms with Gasteiger partial charge in [0, 0.05) is 11.6 Å². The summed E-state index contributed by atoms with van der Waals surface area (Å²) in [5, 5.41) is 2.76. The number of carbonyl (C=O) groups excluding carboxylic acids is 2. The summed E-state index contributed by atoms with van der Waals surface area (Å²) in [6.45, 7) is 2.61. The zero-order chi connectivity index (χ0) is 18.8. The molecule has 136 valence electrons. The molecule has 0 heterocycles. The van der Waals surface area contributed by atoms with Gasteiger partial charge in [-0.3, -0.25) is 9.59 Å². The summed E-state index contributed by atoms with van der Waals surface area (Å²) in [7, 11) is 0. The van der Waals surface area contributed by atoms with Crippen LogP contribution in [-0.4, -0.2) is 25.0 Å². The van der Waals surface area contributed by atoms with Gasteiger partial charge in [0.05, 0.1) is 25.3 Å². The molecule has 0 radical (unpaired) electrons. The average Bonchev–Trinajstić information content (AvgIpc) is 2.62. The quantitative estimate of drug-likeness (QED) is 0.677. The fourth-order valence-corrected chi connectivity index (χ4v) is 2.20. The third-order valence-corrected chi connectivity index (χ3v) is 3.38. The Labute approximate surface area is 152 Å². The third-order valence-electron chi connectivity index (χ3n) is 3.38. The number of nitrogens with two attached hydrogens (primary N) is 1. The normalized spacial score (nSPS) is 10.5. The number of hydrogen-bond acceptors (Lipinski definition) is 4. The molecule has 0 saturated heterocycles. The van der Waals surface area contributed by atoms with Crippen LogP contribution in [0, 0.1) is 0 Å². The highest BCUT2D eigenvalue weighted by atomic mass is 16.5. The molecule has 0 fully saturated rings. The fourth-order valence-electron chi connectivity index (χ4n) is 2.20. The maximum atomic E-state index is 12.2. The summed E-state index contributed by atoms with van der Waals surface area (Å²) in [5.41, 5.74) is 6.43. The van der Waals surface area contributed by atoms with Gasteiger partial charge in [-0.05, 0) is 31.2 Å². The van der Waals surface area contributed by atoms with Crippen LogP contribution in [0.15, 0.2) is 54.6 Å². The molecule has 0 aliphatic carbocycles. The number of nitrogens with one attached hydrogen (secondary N) is 1. The van der Waals surface area contributed by atoms with Crippen LogP contribution in [0.4, 0.5) is 5.69 Å². The topological polar surface area (TPSA) is 90.7 Å². The van der Waals surface area contributed by atoms with Gasteiger partial charge in [-0.25, -0.2) is 0 Å². The molecular weight excluding hydrogens is 332 g/mol. The molecule has 0 atom stereocenters. The molecule has 6 nitrogen and oxygen atoms in total. The minimum absolute atomic E-state index is 0.108. The first kappa shape index (κ1) is 19.1. The Morgan fingerprint density at radius 1 is 1.04 bits per heavy atom. The fraction of sp³-hybridized carbons (Fsp3) is 0.200. The molecule has 26 heavy (non-hydrogen) atoms. The average molecular weight is 354 g/mol. The second-order valence-corrected chi connectivity index (χ2v) is 5.35. The predicted octanol–water partition coefficient (Wildman–Crippen LogP) is 2.99. The van der Waals surface area contributed by atoms with Crippen LogP contribution < -0.4 is 20.5 Å². The molecule has 3 N–H and O–H groups in total. The molecule has 0 unspecified atom stereocenters. The van der Waals surface area contributed by atoms with Crippen molar-refractivity contribution in [3.8, 4) is 11.5 Å². The zero-order valence-electron chi connectivity index (χ0n) is 14.6. The first-order valence-electron chi connectivity index (χ1n) is 8.31. The van der Waals surface area contributed by atoms with E-state index in [1.165, 1.54) is 6.08 Å². The van der Waals surface area contributed by atoms with E-state index in [1.54, 1.807) is 30.3 Å². The maximum absolute atomic E-state index is 12.2. The van der Waals surface area contributed by atoms with Gasteiger partial charge in [-0.15, -0.1) is 0 Å². The Morgan fingerprint density at radius 2 is 1.73 bits per heavy atom. The predicted molar refractivity (Wildman–Crippen MR) is 101 cm³/mol. The Morgan fingerprint density at radius 3 is 2.46 bits per heavy atom. The highest BCUT2D eigenvalue weighted by Gasteiger charge is 2.07. The largest absolute Gasteiger partial charge is 0.493 e. The van der Waals surface area contributed by atoms with Gasteiger partial charge in [-0.2, -0.15) is 0 Å². The van der Waals surface area contributed by atoms with E-state index in [2.05, 4.69) is 5.32 Å². The highest BCUT2D eigenvalue weighted by Crippen LogP contribution is 2.24. The lowest BCUT2D eigenvalue weighted by molar-refractivity contribution is -0.118. The van der Waals surface area contributed by atoms with Gasteiger partial charge in [-0.1, -0.05) is 30.3 Å². The van der Waals surface area contributed by atoms with Crippen molar-refractivity contribution in [3.63, 3.8) is 0 Å². The summed E-state index contributed by atoms with van der Waals surface area (Å²) in [5.74, 6) is 0.448. The second-order valence-electron chi connectivity index (χ2n) is 5.35. The van der Waals surface area contributed by atoms with E-state index in [4.69, 9.17) is 15.2 Å². The van der Waals surface area contributed by atoms with Crippen LogP contribution in [0.2, 0.25) is 0 Å². The van der Waals surface area contributed by atoms with Crippen LogP contribution in [0.1, 0.15) is 18.9 Å². The van der Waals surface area contributed by atoms with Crippen molar-refractivity contribution in [2.75, 3.05) is 18.5 Å². The van der Waals surface area contributed by atoms with E-state index in [1.807, 2.05) is 31.2 Å². The Bertz CT molecular complexity index is 787. The number of carbonyl (C=O) groups is 2. The first-order valence-corrected chi connectivity index (χ1v) is 8.31. The molecule has 2 aromatic rings. The Hall–Kier alpha value is -3.28. The van der Waals surface area contributed by atoms with E-state index >= 15 is 0 Å². The lowest BCUT2D eigenvalue weighted by atomic mass is 10.2. The van der Waals surface area contributed by atoms with Gasteiger partial charge in [0.1, 0.15) is 11.5 Å². The monoisotopic (exact) mass is 354 g/mol. The van der Waals surface area contributed by atoms with E-state index in [-0.39, 0.29) is 18.9 Å². The summed E-state index contributed by atoms with van der Waals surface area (Å²) in [6, 6.07) is 14.5. The minimum Gasteiger partial charge on any atom is -0.493 e. The Balaban J connectivity index is 2.03. The highest BCUT2D eigenvalue weighted by molar-refractivity contribution is 6.02. The summed E-state index contributed by atoms with van der Waals surface area (Å²) >= 11 is 0. The molecule has 0 aliphatic rings. The van der Waals surface area contributed by atoms with E-state index in [0.717, 1.165) is 5.56 Å². The molecule has 0 aliphatic heterocycles. The number of amides is 2. The smallest absolute Gasteiger partial charge is 0.248 e. The zero-order valence-corrected chi connectivity index (χ0v) is 14.6. The Kier molecular flexibility index (Phi) is 7.24. The third kappa shape index (κ3) is 5.98. The number of rotatable bonds is 9. The van der Waals surface area contributed by atoms with Crippen LogP contribution in [0.25, 0.3) is 6.08 Å². The van der Waals surface area contributed by atoms with Crippen molar-refractivity contribution in [1.82, 2.24) is 0 Å². The van der Waals surface area contributed by atoms with Crippen molar-refractivity contribution >= 4 is 23.6 Å². The molecule has 0 bridgehead atoms. The SMILES string of the molecule is CCOc1ccccc1/C=C/C(=O)Nc1ccccc1OCCC(N)=O. The van der Waals surface area contributed by atoms with Crippen molar-refractivity contribution < 1.29 is 19.1 Å². The molecule has 0 spiro atoms. The molecule has 0 saturated carbocycles. The van der Waals surface area contributed by atoms with Crippen LogP contribution in [0.3, 0.4) is 0 Å². The number of ether oxygens (including phenoxy) is 2. The van der Waals surface area contributed by atoms with Crippen molar-refractivity contribution in [3.05, 3.63) is 60.2 Å². The maximum Gasteiger partial charge on any atom is 0.248 e. The number of benzene rings is 2. The van der Waals surface area contributed by atoms with Gasteiger partial charge >= 0.3 is 0 Å². The van der Waals surface area contributed by atoms with E-state index < -0.39 is 5.91 Å². The number of anilines is 1. The molecule has 2 aromatic carbocycles. The molecule has 2 amide bonds. The van der Waals surface area contributed by atoms with Crippen LogP contribution in [-0.2, 0) is 9.59 Å². The van der Waals surface area contributed by atoms with E-state index in [9.17, 15) is 9.59 Å². The van der Waals surface area contributed by atoms with Crippen molar-refractivity contribution in [2.45, 2.75) is 13.3 Å². The summed E-state index contributed by atoms with van der Waals surface area (Å²) in [6.07, 6.45) is 3.23. The number of primary amides is 1. The standard InChI is InChI=1S/C20H22N2O4/c1-2-25-17-9-5-3-7-15(17)11-12-20(24)22-16-8-4-6-10-18(16)26-14-13-19(21)23/h3-12H,2,13-14H2,1H3,(H2,21,23)(H,22,24)/b12-11+. The van der Waals surface area contributed by atoms with Gasteiger partial charge in [0.2, 0.25) is 11.8 Å². The minimum atomic E-state index is -0.442. The summed E-state index contributed by atoms with van der Waals surface area (Å²) < 4.78 is 11.0. The van der Waals surface area contributed by atoms with Crippen LogP contribution >= 0.6 is 0 Å². The first-order chi connectivity index (χ1) is 12.6. The summed E-state index contributed by atoms with van der Waals surface area (Å²) in [4.78, 5) is 23.0. The van der Waals surface area contributed by atoms with E-state index in [0.29, 0.717) is 23.8 Å². The van der Waals surface area contributed by atoms with Crippen molar-refractivity contribution in [2.24, 2.45) is 5.73 Å². The van der Waals surface area contributed by atoms with Crippen LogP contribution in [0.5, 0.6) is 11.5 Å².